The Labute approximate surface area is 157 Å². The number of nitrogens with one attached hydrogen (secondary N) is 2. The second kappa shape index (κ2) is 8.70. The van der Waals surface area contributed by atoms with Gasteiger partial charge in [0, 0.05) is 19.2 Å². The molecule has 0 spiro atoms. The molecule has 1 atom stereocenters. The van der Waals surface area contributed by atoms with Crippen molar-refractivity contribution >= 4 is 6.03 Å². The normalized spacial score (nSPS) is 31.2. The smallest absolute Gasteiger partial charge is 0.315 e. The minimum Gasteiger partial charge on any atom is -0.377 e. The van der Waals surface area contributed by atoms with Gasteiger partial charge in [-0.3, -0.25) is 4.90 Å². The van der Waals surface area contributed by atoms with Crippen LogP contribution in [0.3, 0.4) is 0 Å². The van der Waals surface area contributed by atoms with Crippen LogP contribution in [0.25, 0.3) is 0 Å². The lowest BCUT2D eigenvalue weighted by atomic mass is 9.71. The number of rotatable bonds is 6. The van der Waals surface area contributed by atoms with Crippen molar-refractivity contribution in [1.82, 2.24) is 15.5 Å². The van der Waals surface area contributed by atoms with Crippen molar-refractivity contribution in [3.8, 4) is 6.07 Å². The number of hydrogen-bond acceptors (Lipinski definition) is 4. The summed E-state index contributed by atoms with van der Waals surface area (Å²) in [6.07, 6.45) is 11.2. The third-order valence-electron chi connectivity index (χ3n) is 6.05. The van der Waals surface area contributed by atoms with Crippen LogP contribution in [0, 0.1) is 11.3 Å². The van der Waals surface area contributed by atoms with E-state index in [0.717, 1.165) is 44.1 Å². The Hall–Kier alpha value is -1.84. The molecule has 6 nitrogen and oxygen atoms in total. The largest absolute Gasteiger partial charge is 0.377 e. The Morgan fingerprint density at radius 2 is 2.08 bits per heavy atom. The van der Waals surface area contributed by atoms with Gasteiger partial charge in [0.2, 0.25) is 0 Å². The zero-order valence-electron chi connectivity index (χ0n) is 16.5. The number of ether oxygens (including phenoxy) is 1. The number of carbonyl (C=O) groups is 1. The van der Waals surface area contributed by atoms with Crippen LogP contribution in [0.15, 0.2) is 23.8 Å². The molecule has 0 heterocycles. The van der Waals surface area contributed by atoms with Crippen molar-refractivity contribution in [2.75, 3.05) is 27.7 Å². The number of amides is 2. The van der Waals surface area contributed by atoms with Gasteiger partial charge in [0.05, 0.1) is 12.2 Å². The molecule has 0 aromatic heterocycles. The van der Waals surface area contributed by atoms with E-state index in [-0.39, 0.29) is 17.7 Å². The summed E-state index contributed by atoms with van der Waals surface area (Å²) < 4.78 is 5.28. The Morgan fingerprint density at radius 3 is 2.54 bits per heavy atom. The summed E-state index contributed by atoms with van der Waals surface area (Å²) in [5.74, 6) is 0. The molecule has 2 N–H and O–H groups in total. The molecule has 0 aromatic carbocycles. The second-order valence-corrected chi connectivity index (χ2v) is 7.63. The molecule has 2 aliphatic carbocycles. The van der Waals surface area contributed by atoms with Crippen molar-refractivity contribution in [3.05, 3.63) is 23.8 Å². The summed E-state index contributed by atoms with van der Waals surface area (Å²) in [6.45, 7) is 2.62. The minimum atomic E-state index is -0.410. The molecule has 144 valence electrons. The van der Waals surface area contributed by atoms with Gasteiger partial charge in [-0.25, -0.2) is 4.79 Å². The predicted octanol–water partition coefficient (Wildman–Crippen LogP) is 2.73. The van der Waals surface area contributed by atoms with Crippen molar-refractivity contribution < 1.29 is 9.53 Å². The molecule has 1 fully saturated rings. The average molecular weight is 361 g/mol. The van der Waals surface area contributed by atoms with Crippen molar-refractivity contribution in [3.63, 3.8) is 0 Å². The monoisotopic (exact) mass is 360 g/mol. The molecule has 0 radical (unpaired) electrons. The highest BCUT2D eigenvalue weighted by Gasteiger charge is 2.44. The van der Waals surface area contributed by atoms with Gasteiger partial charge in [-0.15, -0.1) is 0 Å². The summed E-state index contributed by atoms with van der Waals surface area (Å²) >= 11 is 0. The molecule has 1 saturated carbocycles. The van der Waals surface area contributed by atoms with Crippen LogP contribution in [-0.4, -0.2) is 55.9 Å². The highest BCUT2D eigenvalue weighted by atomic mass is 16.5. The SMILES string of the molecule is CCC1(NC(=O)NCC2=CCC(OC)C=C2)CCC(C#N)(N(C)C)CC1. The molecule has 2 amide bonds. The average Bonchev–Trinajstić information content (AvgIpc) is 2.67. The fourth-order valence-corrected chi connectivity index (χ4v) is 3.79. The van der Waals surface area contributed by atoms with Crippen LogP contribution in [0.2, 0.25) is 0 Å². The first-order chi connectivity index (χ1) is 12.4. The van der Waals surface area contributed by atoms with Crippen molar-refractivity contribution in [1.29, 1.82) is 5.26 Å². The molecule has 0 aromatic rings. The van der Waals surface area contributed by atoms with Crippen LogP contribution in [-0.2, 0) is 4.74 Å². The van der Waals surface area contributed by atoms with Crippen LogP contribution in [0.4, 0.5) is 4.79 Å². The topological polar surface area (TPSA) is 77.4 Å². The van der Waals surface area contributed by atoms with Gasteiger partial charge in [-0.05, 0) is 58.2 Å². The van der Waals surface area contributed by atoms with E-state index in [1.54, 1.807) is 7.11 Å². The first kappa shape index (κ1) is 20.5. The summed E-state index contributed by atoms with van der Waals surface area (Å²) in [6, 6.07) is 2.35. The van der Waals surface area contributed by atoms with Crippen LogP contribution in [0.1, 0.15) is 45.4 Å². The maximum atomic E-state index is 12.4. The van der Waals surface area contributed by atoms with E-state index >= 15 is 0 Å². The standard InChI is InChI=1S/C20H32N4O2/c1-5-19(10-12-20(15-21,13-11-19)24(2)3)23-18(25)22-14-16-6-8-17(26-4)9-7-16/h6-8,17H,5,9-14H2,1-4H3,(H2,22,23,25). The van der Waals surface area contributed by atoms with Crippen LogP contribution < -0.4 is 10.6 Å². The van der Waals surface area contributed by atoms with Gasteiger partial charge < -0.3 is 15.4 Å². The van der Waals surface area contributed by atoms with Gasteiger partial charge in [0.1, 0.15) is 5.54 Å². The van der Waals surface area contributed by atoms with Crippen molar-refractivity contribution in [2.24, 2.45) is 0 Å². The van der Waals surface area contributed by atoms with E-state index in [2.05, 4.69) is 29.7 Å². The lowest BCUT2D eigenvalue weighted by Gasteiger charge is -2.46. The zero-order valence-corrected chi connectivity index (χ0v) is 16.5. The maximum absolute atomic E-state index is 12.4. The van der Waals surface area contributed by atoms with E-state index < -0.39 is 5.54 Å². The van der Waals surface area contributed by atoms with Crippen LogP contribution >= 0.6 is 0 Å². The Balaban J connectivity index is 1.87. The van der Waals surface area contributed by atoms with E-state index in [1.165, 1.54) is 0 Å². The fourth-order valence-electron chi connectivity index (χ4n) is 3.79. The first-order valence-corrected chi connectivity index (χ1v) is 9.43. The number of urea groups is 1. The Bertz CT molecular complexity index is 595. The summed E-state index contributed by atoms with van der Waals surface area (Å²) in [5.41, 5.74) is 0.462. The first-order valence-electron chi connectivity index (χ1n) is 9.43. The highest BCUT2D eigenvalue weighted by Crippen LogP contribution is 2.39. The number of hydrogen-bond donors (Lipinski definition) is 2. The molecule has 26 heavy (non-hydrogen) atoms. The van der Waals surface area contributed by atoms with Crippen molar-refractivity contribution in [2.45, 2.75) is 62.6 Å². The van der Waals surface area contributed by atoms with Gasteiger partial charge in [0.25, 0.3) is 0 Å². The zero-order chi connectivity index (χ0) is 19.2. The minimum absolute atomic E-state index is 0.135. The molecule has 0 saturated heterocycles. The lowest BCUT2D eigenvalue weighted by Crippen LogP contribution is -2.58. The predicted molar refractivity (Wildman–Crippen MR) is 103 cm³/mol. The van der Waals surface area contributed by atoms with E-state index in [0.29, 0.717) is 6.54 Å². The van der Waals surface area contributed by atoms with Gasteiger partial charge in [-0.1, -0.05) is 25.2 Å². The summed E-state index contributed by atoms with van der Waals surface area (Å²) in [5, 5.41) is 15.7. The quantitative estimate of drug-likeness (QED) is 0.763. The van der Waals surface area contributed by atoms with Gasteiger partial charge >= 0.3 is 6.03 Å². The molecular weight excluding hydrogens is 328 g/mol. The summed E-state index contributed by atoms with van der Waals surface area (Å²) in [7, 11) is 5.62. The van der Waals surface area contributed by atoms with E-state index in [1.807, 2.05) is 31.1 Å². The molecular formula is C20H32N4O2. The highest BCUT2D eigenvalue weighted by molar-refractivity contribution is 5.75. The Kier molecular flexibility index (Phi) is 6.85. The molecule has 6 heteroatoms. The van der Waals surface area contributed by atoms with Gasteiger partial charge in [0.15, 0.2) is 0 Å². The molecule has 2 aliphatic rings. The van der Waals surface area contributed by atoms with Crippen LogP contribution in [0.5, 0.6) is 0 Å². The number of carbonyl (C=O) groups excluding carboxylic acids is 1. The number of methoxy groups -OCH3 is 1. The molecule has 1 unspecified atom stereocenters. The third kappa shape index (κ3) is 4.66. The molecule has 2 rings (SSSR count). The van der Waals surface area contributed by atoms with E-state index in [4.69, 9.17) is 4.74 Å². The maximum Gasteiger partial charge on any atom is 0.315 e. The Morgan fingerprint density at radius 1 is 1.38 bits per heavy atom. The summed E-state index contributed by atoms with van der Waals surface area (Å²) in [4.78, 5) is 14.4. The third-order valence-corrected chi connectivity index (χ3v) is 6.05. The van der Waals surface area contributed by atoms with E-state index in [9.17, 15) is 10.1 Å². The number of nitriles is 1. The van der Waals surface area contributed by atoms with Gasteiger partial charge in [-0.2, -0.15) is 5.26 Å². The number of nitrogens with zero attached hydrogens (tertiary/aromatic N) is 2. The fraction of sp³-hybridized carbons (Fsp3) is 0.700. The molecule has 0 aliphatic heterocycles. The lowest BCUT2D eigenvalue weighted by molar-refractivity contribution is 0.101. The molecule has 0 bridgehead atoms. The second-order valence-electron chi connectivity index (χ2n) is 7.63.